The summed E-state index contributed by atoms with van der Waals surface area (Å²) in [5.74, 6) is -0.0168. The Morgan fingerprint density at radius 3 is 1.96 bits per heavy atom. The molecule has 0 heterocycles. The number of carbonyl (C=O) groups is 1. The van der Waals surface area contributed by atoms with E-state index in [9.17, 15) is 9.90 Å². The van der Waals surface area contributed by atoms with Crippen molar-refractivity contribution in [2.24, 2.45) is 0 Å². The van der Waals surface area contributed by atoms with Gasteiger partial charge < -0.3 is 14.9 Å². The van der Waals surface area contributed by atoms with Crippen molar-refractivity contribution < 1.29 is 9.90 Å². The van der Waals surface area contributed by atoms with Gasteiger partial charge in [0.25, 0.3) is 0 Å². The molecule has 1 amide bonds. The molecule has 0 aliphatic rings. The molecular weight excluding hydrogens is 336 g/mol. The summed E-state index contributed by atoms with van der Waals surface area (Å²) in [5.41, 5.74) is 0.597. The van der Waals surface area contributed by atoms with Gasteiger partial charge in [0.2, 0.25) is 5.91 Å². The normalized spacial score (nSPS) is 14.6. The second kappa shape index (κ2) is 9.67. The maximum Gasteiger partial charge on any atom is 0.236 e. The van der Waals surface area contributed by atoms with Crippen molar-refractivity contribution >= 4 is 5.91 Å². The van der Waals surface area contributed by atoms with Crippen molar-refractivity contribution in [3.63, 3.8) is 0 Å². The molecule has 2 aromatic rings. The quantitative estimate of drug-likeness (QED) is 0.737. The van der Waals surface area contributed by atoms with Gasteiger partial charge in [-0.2, -0.15) is 0 Å². The number of nitrogens with zero attached hydrogens (tertiary/aromatic N) is 2. The number of likely N-dealkylation sites (N-methyl/N-ethyl adjacent to an activating group) is 1. The van der Waals surface area contributed by atoms with Crippen molar-refractivity contribution in [3.8, 4) is 0 Å². The van der Waals surface area contributed by atoms with Gasteiger partial charge in [0.05, 0.1) is 6.10 Å². The van der Waals surface area contributed by atoms with Gasteiger partial charge in [-0.25, -0.2) is 0 Å². The van der Waals surface area contributed by atoms with Gasteiger partial charge in [0.15, 0.2) is 0 Å². The molecule has 146 valence electrons. The fraction of sp³-hybridized carbons (Fsp3) is 0.435. The van der Waals surface area contributed by atoms with Gasteiger partial charge in [-0.3, -0.25) is 4.79 Å². The second-order valence-electron chi connectivity index (χ2n) is 7.18. The van der Waals surface area contributed by atoms with E-state index >= 15 is 0 Å². The molecule has 0 saturated heterocycles. The lowest BCUT2D eigenvalue weighted by atomic mass is 9.69. The Kier molecular flexibility index (Phi) is 7.57. The van der Waals surface area contributed by atoms with E-state index in [4.69, 9.17) is 0 Å². The van der Waals surface area contributed by atoms with Gasteiger partial charge in [-0.15, -0.1) is 0 Å². The van der Waals surface area contributed by atoms with Crippen LogP contribution in [0.1, 0.15) is 37.5 Å². The van der Waals surface area contributed by atoms with E-state index in [2.05, 4.69) is 4.90 Å². The van der Waals surface area contributed by atoms with Crippen LogP contribution in [0, 0.1) is 0 Å². The summed E-state index contributed by atoms with van der Waals surface area (Å²) in [4.78, 5) is 17.7. The van der Waals surface area contributed by atoms with E-state index in [0.717, 1.165) is 11.1 Å². The van der Waals surface area contributed by atoms with Crippen LogP contribution in [0.4, 0.5) is 0 Å². The molecule has 27 heavy (non-hydrogen) atoms. The molecule has 0 aromatic heterocycles. The van der Waals surface area contributed by atoms with Gasteiger partial charge >= 0.3 is 0 Å². The second-order valence-corrected chi connectivity index (χ2v) is 7.18. The van der Waals surface area contributed by atoms with E-state index in [1.165, 1.54) is 0 Å². The number of amides is 1. The summed E-state index contributed by atoms with van der Waals surface area (Å²) in [6.45, 7) is 5.91. The molecule has 4 nitrogen and oxygen atoms in total. The number of aliphatic hydroxyl groups excluding tert-OH is 1. The Morgan fingerprint density at radius 1 is 0.963 bits per heavy atom. The topological polar surface area (TPSA) is 43.8 Å². The minimum atomic E-state index is -1.03. The number of rotatable bonds is 9. The Labute approximate surface area is 163 Å². The fourth-order valence-electron chi connectivity index (χ4n) is 3.63. The summed E-state index contributed by atoms with van der Waals surface area (Å²) >= 11 is 0. The molecule has 0 aliphatic heterocycles. The highest BCUT2D eigenvalue weighted by Gasteiger charge is 2.48. The SMILES string of the molecule is CCN(CC)C(=O)C(CCN(C)C)(c1ccccc1)C(O)c1ccccc1. The number of carbonyl (C=O) groups excluding carboxylic acids is 1. The van der Waals surface area contributed by atoms with Gasteiger partial charge in [0.1, 0.15) is 5.41 Å². The van der Waals surface area contributed by atoms with Crippen LogP contribution in [0.15, 0.2) is 60.7 Å². The first kappa shape index (κ1) is 21.1. The van der Waals surface area contributed by atoms with Crippen molar-refractivity contribution in [1.82, 2.24) is 9.80 Å². The molecule has 0 radical (unpaired) electrons. The maximum absolute atomic E-state index is 13.8. The highest BCUT2D eigenvalue weighted by atomic mass is 16.3. The minimum absolute atomic E-state index is 0.0168. The monoisotopic (exact) mass is 368 g/mol. The number of benzene rings is 2. The van der Waals surface area contributed by atoms with Crippen LogP contribution in [0.25, 0.3) is 0 Å². The zero-order chi connectivity index (χ0) is 19.9. The molecular formula is C23H32N2O2. The third-order valence-electron chi connectivity index (χ3n) is 5.26. The molecule has 0 saturated carbocycles. The number of aliphatic hydroxyl groups is 1. The lowest BCUT2D eigenvalue weighted by molar-refractivity contribution is -0.143. The van der Waals surface area contributed by atoms with Crippen LogP contribution < -0.4 is 0 Å². The third kappa shape index (κ3) is 4.57. The van der Waals surface area contributed by atoms with E-state index in [1.807, 2.05) is 93.5 Å². The van der Waals surface area contributed by atoms with Gasteiger partial charge in [-0.1, -0.05) is 60.7 Å². The zero-order valence-corrected chi connectivity index (χ0v) is 16.9. The van der Waals surface area contributed by atoms with Gasteiger partial charge in [0, 0.05) is 13.1 Å². The molecule has 0 aliphatic carbocycles. The van der Waals surface area contributed by atoms with Crippen LogP contribution in [-0.2, 0) is 10.2 Å². The summed E-state index contributed by atoms with van der Waals surface area (Å²) in [7, 11) is 3.99. The Bertz CT molecular complexity index is 699. The smallest absolute Gasteiger partial charge is 0.236 e. The van der Waals surface area contributed by atoms with E-state index in [-0.39, 0.29) is 5.91 Å². The van der Waals surface area contributed by atoms with E-state index in [0.29, 0.717) is 26.1 Å². The Morgan fingerprint density at radius 2 is 1.48 bits per heavy atom. The highest BCUT2D eigenvalue weighted by molar-refractivity contribution is 5.89. The fourth-order valence-corrected chi connectivity index (χ4v) is 3.63. The molecule has 4 heteroatoms. The standard InChI is InChI=1S/C23H32N2O2/c1-5-25(6-2)22(27)23(17-18-24(3)4,20-15-11-8-12-16-20)21(26)19-13-9-7-10-14-19/h7-16,21,26H,5-6,17-18H2,1-4H3. The summed E-state index contributed by atoms with van der Waals surface area (Å²) in [6.07, 6.45) is -0.385. The highest BCUT2D eigenvalue weighted by Crippen LogP contribution is 2.42. The van der Waals surface area contributed by atoms with Crippen LogP contribution in [-0.4, -0.2) is 54.5 Å². The average molecular weight is 369 g/mol. The first-order valence-electron chi connectivity index (χ1n) is 9.70. The zero-order valence-electron chi connectivity index (χ0n) is 16.9. The molecule has 2 aromatic carbocycles. The van der Waals surface area contributed by atoms with Crippen LogP contribution in [0.5, 0.6) is 0 Å². The summed E-state index contributed by atoms with van der Waals surface area (Å²) < 4.78 is 0. The van der Waals surface area contributed by atoms with Crippen molar-refractivity contribution in [3.05, 3.63) is 71.8 Å². The summed E-state index contributed by atoms with van der Waals surface area (Å²) in [6, 6.07) is 19.3. The lowest BCUT2D eigenvalue weighted by Crippen LogP contribution is -2.51. The average Bonchev–Trinajstić information content (AvgIpc) is 2.70. The maximum atomic E-state index is 13.8. The minimum Gasteiger partial charge on any atom is -0.387 e. The predicted molar refractivity (Wildman–Crippen MR) is 111 cm³/mol. The molecule has 0 fully saturated rings. The molecule has 2 rings (SSSR count). The lowest BCUT2D eigenvalue weighted by Gasteiger charge is -2.41. The first-order chi connectivity index (χ1) is 13.0. The molecule has 0 bridgehead atoms. The largest absolute Gasteiger partial charge is 0.387 e. The van der Waals surface area contributed by atoms with Crippen molar-refractivity contribution in [1.29, 1.82) is 0 Å². The summed E-state index contributed by atoms with van der Waals surface area (Å²) in [5, 5.41) is 11.5. The molecule has 2 unspecified atom stereocenters. The molecule has 2 atom stereocenters. The number of hydrogen-bond donors (Lipinski definition) is 1. The van der Waals surface area contributed by atoms with Gasteiger partial charge in [-0.05, 0) is 52.0 Å². The van der Waals surface area contributed by atoms with Crippen LogP contribution in [0.2, 0.25) is 0 Å². The van der Waals surface area contributed by atoms with Crippen LogP contribution in [0.3, 0.4) is 0 Å². The number of hydrogen-bond acceptors (Lipinski definition) is 3. The molecule has 0 spiro atoms. The van der Waals surface area contributed by atoms with Crippen molar-refractivity contribution in [2.75, 3.05) is 33.7 Å². The van der Waals surface area contributed by atoms with E-state index in [1.54, 1.807) is 0 Å². The first-order valence-corrected chi connectivity index (χ1v) is 9.70. The van der Waals surface area contributed by atoms with Crippen molar-refractivity contribution in [2.45, 2.75) is 31.8 Å². The van der Waals surface area contributed by atoms with E-state index < -0.39 is 11.5 Å². The third-order valence-corrected chi connectivity index (χ3v) is 5.26. The predicted octanol–water partition coefficient (Wildman–Crippen LogP) is 3.48. The Hall–Kier alpha value is -2.17. The molecule has 1 N–H and O–H groups in total. The van der Waals surface area contributed by atoms with Crippen LogP contribution >= 0.6 is 0 Å². The Balaban J connectivity index is 2.66.